The average Bonchev–Trinajstić information content (AvgIpc) is 3.22. The van der Waals surface area contributed by atoms with E-state index in [2.05, 4.69) is 16.9 Å². The predicted molar refractivity (Wildman–Crippen MR) is 121 cm³/mol. The van der Waals surface area contributed by atoms with Crippen molar-refractivity contribution in [1.82, 2.24) is 9.88 Å². The molecule has 0 bridgehead atoms. The van der Waals surface area contributed by atoms with Crippen molar-refractivity contribution < 1.29 is 47.6 Å². The van der Waals surface area contributed by atoms with Gasteiger partial charge in [-0.25, -0.2) is 4.98 Å². The zero-order valence-corrected chi connectivity index (χ0v) is 21.0. The average molecular weight is 509 g/mol. The largest absolute Gasteiger partial charge is 0.463 e. The lowest BCUT2D eigenvalue weighted by molar-refractivity contribution is -0.289. The van der Waals surface area contributed by atoms with Gasteiger partial charge >= 0.3 is 23.9 Å². The molecule has 2 fully saturated rings. The molecule has 2 aliphatic heterocycles. The molecular weight excluding hydrogens is 476 g/mol. The normalized spacial score (nSPS) is 28.1. The van der Waals surface area contributed by atoms with E-state index in [-0.39, 0.29) is 18.5 Å². The number of ether oxygens (including phenoxy) is 6. The van der Waals surface area contributed by atoms with Crippen molar-refractivity contribution in [2.75, 3.05) is 20.2 Å². The van der Waals surface area contributed by atoms with Gasteiger partial charge in [-0.3, -0.25) is 24.1 Å². The summed E-state index contributed by atoms with van der Waals surface area (Å²) < 4.78 is 33.1. The molecule has 3 heterocycles. The summed E-state index contributed by atoms with van der Waals surface area (Å²) in [5, 5.41) is 0. The molecule has 1 unspecified atom stereocenters. The molecule has 1 aromatic rings. The van der Waals surface area contributed by atoms with Crippen LogP contribution in [0.25, 0.3) is 0 Å². The Hall–Kier alpha value is -3.25. The van der Waals surface area contributed by atoms with Gasteiger partial charge in [-0.1, -0.05) is 6.07 Å². The van der Waals surface area contributed by atoms with Gasteiger partial charge in [0.2, 0.25) is 18.3 Å². The number of rotatable bonds is 8. The molecule has 0 spiro atoms. The van der Waals surface area contributed by atoms with Crippen LogP contribution in [0.4, 0.5) is 0 Å². The van der Waals surface area contributed by atoms with Crippen LogP contribution in [-0.2, 0) is 42.9 Å². The van der Waals surface area contributed by atoms with Gasteiger partial charge in [-0.2, -0.15) is 0 Å². The molecule has 2 aliphatic rings. The molecule has 198 valence electrons. The summed E-state index contributed by atoms with van der Waals surface area (Å²) in [7, 11) is 2.06. The maximum absolute atomic E-state index is 11.9. The van der Waals surface area contributed by atoms with E-state index < -0.39 is 54.6 Å². The molecule has 12 heteroatoms. The first kappa shape index (κ1) is 27.3. The van der Waals surface area contributed by atoms with E-state index in [0.717, 1.165) is 38.8 Å². The van der Waals surface area contributed by atoms with Crippen molar-refractivity contribution in [2.24, 2.45) is 0 Å². The van der Waals surface area contributed by atoms with E-state index in [9.17, 15) is 19.2 Å². The van der Waals surface area contributed by atoms with Crippen molar-refractivity contribution in [3.05, 3.63) is 23.9 Å². The van der Waals surface area contributed by atoms with Crippen molar-refractivity contribution in [3.8, 4) is 5.88 Å². The van der Waals surface area contributed by atoms with Gasteiger partial charge in [0.25, 0.3) is 0 Å². The number of hydrogen-bond donors (Lipinski definition) is 0. The molecular formula is C24H32N2O10. The van der Waals surface area contributed by atoms with Crippen LogP contribution < -0.4 is 4.74 Å². The minimum absolute atomic E-state index is 0.167. The number of carbonyl (C=O) groups is 4. The van der Waals surface area contributed by atoms with Gasteiger partial charge < -0.3 is 28.4 Å². The number of likely N-dealkylation sites (tertiary alicyclic amines) is 1. The summed E-state index contributed by atoms with van der Waals surface area (Å²) >= 11 is 0. The number of aromatic nitrogens is 1. The minimum Gasteiger partial charge on any atom is -0.463 e. The Morgan fingerprint density at radius 2 is 1.58 bits per heavy atom. The summed E-state index contributed by atoms with van der Waals surface area (Å²) in [4.78, 5) is 53.7. The molecule has 0 saturated carbocycles. The van der Waals surface area contributed by atoms with E-state index in [1.807, 2.05) is 6.07 Å². The van der Waals surface area contributed by atoms with Crippen molar-refractivity contribution in [1.29, 1.82) is 0 Å². The minimum atomic E-state index is -1.32. The van der Waals surface area contributed by atoms with Crippen LogP contribution in [0.1, 0.15) is 52.1 Å². The number of carbonyl (C=O) groups excluding carboxylic acids is 4. The van der Waals surface area contributed by atoms with Gasteiger partial charge in [0, 0.05) is 46.0 Å². The maximum atomic E-state index is 11.9. The van der Waals surface area contributed by atoms with Crippen LogP contribution in [0.15, 0.2) is 18.3 Å². The molecule has 1 aromatic heterocycles. The molecule has 0 N–H and O–H groups in total. The Balaban J connectivity index is 1.90. The van der Waals surface area contributed by atoms with Gasteiger partial charge in [-0.05, 0) is 32.0 Å². The highest BCUT2D eigenvalue weighted by atomic mass is 16.7. The van der Waals surface area contributed by atoms with Crippen LogP contribution in [-0.4, -0.2) is 84.7 Å². The van der Waals surface area contributed by atoms with Crippen LogP contribution in [0.2, 0.25) is 0 Å². The van der Waals surface area contributed by atoms with E-state index in [1.165, 1.54) is 13.8 Å². The highest BCUT2D eigenvalue weighted by Gasteiger charge is 2.53. The van der Waals surface area contributed by atoms with Gasteiger partial charge in [0.15, 0.2) is 12.2 Å². The Morgan fingerprint density at radius 1 is 0.944 bits per heavy atom. The Labute approximate surface area is 209 Å². The summed E-state index contributed by atoms with van der Waals surface area (Å²) in [5.41, 5.74) is 1.03. The first-order chi connectivity index (χ1) is 17.0. The molecule has 2 saturated heterocycles. The first-order valence-corrected chi connectivity index (χ1v) is 11.7. The second-order valence-corrected chi connectivity index (χ2v) is 8.75. The lowest BCUT2D eigenvalue weighted by Gasteiger charge is -2.43. The summed E-state index contributed by atoms with van der Waals surface area (Å²) in [5.74, 6) is -2.56. The lowest BCUT2D eigenvalue weighted by Crippen LogP contribution is -2.63. The third kappa shape index (κ3) is 7.14. The predicted octanol–water partition coefficient (Wildman–Crippen LogP) is 1.31. The van der Waals surface area contributed by atoms with Gasteiger partial charge in [0.05, 0.1) is 0 Å². The molecule has 0 aliphatic carbocycles. The number of hydrogen-bond acceptors (Lipinski definition) is 12. The molecule has 12 nitrogen and oxygen atoms in total. The Morgan fingerprint density at radius 3 is 2.11 bits per heavy atom. The van der Waals surface area contributed by atoms with Crippen LogP contribution in [0.3, 0.4) is 0 Å². The second-order valence-electron chi connectivity index (χ2n) is 8.75. The third-order valence-corrected chi connectivity index (χ3v) is 5.85. The second kappa shape index (κ2) is 12.1. The summed E-state index contributed by atoms with van der Waals surface area (Å²) in [6, 6.07) is 3.81. The first-order valence-electron chi connectivity index (χ1n) is 11.7. The Kier molecular flexibility index (Phi) is 9.21. The molecule has 0 amide bonds. The lowest BCUT2D eigenvalue weighted by atomic mass is 9.98. The van der Waals surface area contributed by atoms with E-state index in [0.29, 0.717) is 0 Å². The number of pyridine rings is 1. The van der Waals surface area contributed by atoms with Crippen molar-refractivity contribution in [2.45, 2.75) is 77.3 Å². The fourth-order valence-corrected chi connectivity index (χ4v) is 4.39. The standard InChI is InChI=1S/C24H32N2O10/c1-13(27)31-12-19-21(32-14(2)28)22(33-15(3)29)23(34-16(4)30)24(35-19)36-20-9-8-17(11-25-20)18-7-6-10-26(18)5/h8-9,11,18-19,21-24H,6-7,10,12H2,1-5H3/t18?,19-,21+,22+,23-,24-/m1/s1. The zero-order valence-electron chi connectivity index (χ0n) is 21.0. The number of esters is 4. The van der Waals surface area contributed by atoms with Crippen LogP contribution in [0, 0.1) is 0 Å². The molecule has 6 atom stereocenters. The van der Waals surface area contributed by atoms with E-state index in [1.54, 1.807) is 12.3 Å². The van der Waals surface area contributed by atoms with Crippen molar-refractivity contribution >= 4 is 23.9 Å². The quantitative estimate of drug-likeness (QED) is 0.369. The Bertz CT molecular complexity index is 953. The molecule has 3 rings (SSSR count). The fourth-order valence-electron chi connectivity index (χ4n) is 4.39. The molecule has 0 aromatic carbocycles. The van der Waals surface area contributed by atoms with E-state index in [4.69, 9.17) is 28.4 Å². The van der Waals surface area contributed by atoms with Gasteiger partial charge in [-0.15, -0.1) is 0 Å². The zero-order chi connectivity index (χ0) is 26.4. The SMILES string of the molecule is CC(=O)OC[C@H]1O[C@H](Oc2ccc(C3CCCN3C)cn2)[C@H](OC(C)=O)[C@@H](OC(C)=O)[C@H]1OC(C)=O. The highest BCUT2D eigenvalue weighted by Crippen LogP contribution is 2.32. The molecule has 36 heavy (non-hydrogen) atoms. The third-order valence-electron chi connectivity index (χ3n) is 5.85. The monoisotopic (exact) mass is 508 g/mol. The maximum Gasteiger partial charge on any atom is 0.303 e. The summed E-state index contributed by atoms with van der Waals surface area (Å²) in [6.45, 7) is 5.35. The topological polar surface area (TPSA) is 140 Å². The van der Waals surface area contributed by atoms with E-state index >= 15 is 0 Å². The van der Waals surface area contributed by atoms with Gasteiger partial charge in [0.1, 0.15) is 12.7 Å². The number of nitrogens with zero attached hydrogens (tertiary/aromatic N) is 2. The molecule has 0 radical (unpaired) electrons. The van der Waals surface area contributed by atoms with Crippen molar-refractivity contribution in [3.63, 3.8) is 0 Å². The van der Waals surface area contributed by atoms with Crippen LogP contribution in [0.5, 0.6) is 5.88 Å². The fraction of sp³-hybridized carbons (Fsp3) is 0.625. The smallest absolute Gasteiger partial charge is 0.303 e. The van der Waals surface area contributed by atoms with Crippen LogP contribution >= 0.6 is 0 Å². The summed E-state index contributed by atoms with van der Waals surface area (Å²) in [6.07, 6.45) is -2.45. The highest BCUT2D eigenvalue weighted by molar-refractivity contribution is 5.68.